The monoisotopic (exact) mass is 391 g/mol. The summed E-state index contributed by atoms with van der Waals surface area (Å²) in [6.07, 6.45) is 1.72. The Balaban J connectivity index is 2.07. The molecule has 2 aromatic rings. The maximum absolute atomic E-state index is 12.4. The van der Waals surface area contributed by atoms with Gasteiger partial charge < -0.3 is 9.47 Å². The standard InChI is InChI=1S/C19H21NO6S/c1-3-4-13-26-19(22)15-5-9-16(10-6-15)20-27(23,24)17-11-7-14(8-12-17)18(21)25-2/h5-12,20H,3-4,13H2,1-2H3. The summed E-state index contributed by atoms with van der Waals surface area (Å²) >= 11 is 0. The van der Waals surface area contributed by atoms with Gasteiger partial charge in [0.25, 0.3) is 10.0 Å². The Morgan fingerprint density at radius 2 is 1.48 bits per heavy atom. The fourth-order valence-electron chi connectivity index (χ4n) is 2.17. The number of hydrogen-bond acceptors (Lipinski definition) is 6. The zero-order valence-electron chi connectivity index (χ0n) is 15.1. The Labute approximate surface area is 158 Å². The van der Waals surface area contributed by atoms with Crippen LogP contribution >= 0.6 is 0 Å². The van der Waals surface area contributed by atoms with E-state index in [9.17, 15) is 18.0 Å². The number of hydrogen-bond donors (Lipinski definition) is 1. The molecule has 0 radical (unpaired) electrons. The van der Waals surface area contributed by atoms with Crippen molar-refractivity contribution in [2.24, 2.45) is 0 Å². The van der Waals surface area contributed by atoms with E-state index in [1.54, 1.807) is 0 Å². The van der Waals surface area contributed by atoms with Gasteiger partial charge in [-0.3, -0.25) is 4.72 Å². The van der Waals surface area contributed by atoms with Crippen LogP contribution in [-0.4, -0.2) is 34.1 Å². The lowest BCUT2D eigenvalue weighted by Crippen LogP contribution is -2.13. The molecule has 0 aromatic heterocycles. The molecule has 2 rings (SSSR count). The van der Waals surface area contributed by atoms with Crippen LogP contribution in [0.25, 0.3) is 0 Å². The summed E-state index contributed by atoms with van der Waals surface area (Å²) < 4.78 is 37.0. The number of methoxy groups -OCH3 is 1. The van der Waals surface area contributed by atoms with Crippen molar-refractivity contribution >= 4 is 27.6 Å². The van der Waals surface area contributed by atoms with E-state index in [2.05, 4.69) is 9.46 Å². The van der Waals surface area contributed by atoms with Crippen molar-refractivity contribution in [3.05, 3.63) is 59.7 Å². The lowest BCUT2D eigenvalue weighted by Gasteiger charge is -2.09. The fraction of sp³-hybridized carbons (Fsp3) is 0.263. The maximum Gasteiger partial charge on any atom is 0.338 e. The Kier molecular flexibility index (Phi) is 6.95. The van der Waals surface area contributed by atoms with Gasteiger partial charge in [-0.1, -0.05) is 13.3 Å². The van der Waals surface area contributed by atoms with Crippen LogP contribution < -0.4 is 4.72 Å². The largest absolute Gasteiger partial charge is 0.465 e. The molecule has 7 nitrogen and oxygen atoms in total. The van der Waals surface area contributed by atoms with Crippen LogP contribution in [0.1, 0.15) is 40.5 Å². The molecule has 1 N–H and O–H groups in total. The number of esters is 2. The molecule has 0 atom stereocenters. The molecule has 144 valence electrons. The van der Waals surface area contributed by atoms with Gasteiger partial charge >= 0.3 is 11.9 Å². The fourth-order valence-corrected chi connectivity index (χ4v) is 3.23. The maximum atomic E-state index is 12.4. The smallest absolute Gasteiger partial charge is 0.338 e. The van der Waals surface area contributed by atoms with Crippen molar-refractivity contribution in [2.45, 2.75) is 24.7 Å². The lowest BCUT2D eigenvalue weighted by atomic mass is 10.2. The second-order valence-electron chi connectivity index (χ2n) is 5.69. The van der Waals surface area contributed by atoms with E-state index < -0.39 is 22.0 Å². The molecular formula is C19H21NO6S. The zero-order valence-corrected chi connectivity index (χ0v) is 15.9. The molecule has 0 spiro atoms. The van der Waals surface area contributed by atoms with Crippen LogP contribution in [0.2, 0.25) is 0 Å². The third kappa shape index (κ3) is 5.55. The third-order valence-corrected chi connectivity index (χ3v) is 5.09. The van der Waals surface area contributed by atoms with E-state index >= 15 is 0 Å². The summed E-state index contributed by atoms with van der Waals surface area (Å²) in [5.74, 6) is -0.996. The Morgan fingerprint density at radius 3 is 2.04 bits per heavy atom. The quantitative estimate of drug-likeness (QED) is 0.548. The predicted octanol–water partition coefficient (Wildman–Crippen LogP) is 3.23. The first kappa shape index (κ1) is 20.4. The number of rotatable bonds is 8. The van der Waals surface area contributed by atoms with E-state index in [1.165, 1.54) is 55.6 Å². The summed E-state index contributed by atoms with van der Waals surface area (Å²) in [7, 11) is -2.58. The number of carbonyl (C=O) groups excluding carboxylic acids is 2. The van der Waals surface area contributed by atoms with Gasteiger partial charge in [-0.2, -0.15) is 0 Å². The molecule has 8 heteroatoms. The molecule has 0 aliphatic rings. The lowest BCUT2D eigenvalue weighted by molar-refractivity contribution is 0.0499. The highest BCUT2D eigenvalue weighted by Gasteiger charge is 2.16. The van der Waals surface area contributed by atoms with Gasteiger partial charge in [-0.05, 0) is 55.0 Å². The van der Waals surface area contributed by atoms with Gasteiger partial charge in [0.1, 0.15) is 0 Å². The van der Waals surface area contributed by atoms with Crippen molar-refractivity contribution in [3.63, 3.8) is 0 Å². The number of unbranched alkanes of at least 4 members (excludes halogenated alkanes) is 1. The first-order chi connectivity index (χ1) is 12.9. The van der Waals surface area contributed by atoms with Crippen molar-refractivity contribution in [2.75, 3.05) is 18.4 Å². The number of anilines is 1. The summed E-state index contributed by atoms with van der Waals surface area (Å²) in [6.45, 7) is 2.35. The Hall–Kier alpha value is -2.87. The normalized spacial score (nSPS) is 10.9. The predicted molar refractivity (Wildman–Crippen MR) is 100 cm³/mol. The van der Waals surface area contributed by atoms with E-state index in [0.29, 0.717) is 17.9 Å². The average Bonchev–Trinajstić information content (AvgIpc) is 2.68. The number of ether oxygens (including phenoxy) is 2. The van der Waals surface area contributed by atoms with Gasteiger partial charge in [-0.25, -0.2) is 18.0 Å². The SMILES string of the molecule is CCCCOC(=O)c1ccc(NS(=O)(=O)c2ccc(C(=O)OC)cc2)cc1. The minimum absolute atomic E-state index is 0.00166. The van der Waals surface area contributed by atoms with Gasteiger partial charge in [0.05, 0.1) is 29.7 Å². The highest BCUT2D eigenvalue weighted by Crippen LogP contribution is 2.18. The molecule has 2 aromatic carbocycles. The summed E-state index contributed by atoms with van der Waals surface area (Å²) in [5, 5.41) is 0. The Morgan fingerprint density at radius 1 is 0.926 bits per heavy atom. The molecule has 0 aliphatic carbocycles. The number of carbonyl (C=O) groups is 2. The number of sulfonamides is 1. The second kappa shape index (κ2) is 9.18. The highest BCUT2D eigenvalue weighted by atomic mass is 32.2. The average molecular weight is 391 g/mol. The molecule has 0 aliphatic heterocycles. The molecular weight excluding hydrogens is 370 g/mol. The van der Waals surface area contributed by atoms with E-state index in [1.807, 2.05) is 6.92 Å². The van der Waals surface area contributed by atoms with Crippen molar-refractivity contribution in [1.29, 1.82) is 0 Å². The van der Waals surface area contributed by atoms with Gasteiger partial charge in [0.15, 0.2) is 0 Å². The number of benzene rings is 2. The second-order valence-corrected chi connectivity index (χ2v) is 7.37. The van der Waals surface area contributed by atoms with Crippen LogP contribution in [-0.2, 0) is 19.5 Å². The van der Waals surface area contributed by atoms with Crippen LogP contribution in [0.3, 0.4) is 0 Å². The number of nitrogens with one attached hydrogen (secondary N) is 1. The summed E-state index contributed by atoms with van der Waals surface area (Å²) in [5.41, 5.74) is 0.899. The van der Waals surface area contributed by atoms with Crippen LogP contribution in [0.5, 0.6) is 0 Å². The molecule has 0 saturated heterocycles. The van der Waals surface area contributed by atoms with Crippen molar-refractivity contribution in [3.8, 4) is 0 Å². The van der Waals surface area contributed by atoms with E-state index in [-0.39, 0.29) is 10.5 Å². The minimum atomic E-state index is -3.83. The van der Waals surface area contributed by atoms with Gasteiger partial charge in [-0.15, -0.1) is 0 Å². The summed E-state index contributed by atoms with van der Waals surface area (Å²) in [6, 6.07) is 11.3. The van der Waals surface area contributed by atoms with Gasteiger partial charge in [0.2, 0.25) is 0 Å². The van der Waals surface area contributed by atoms with Crippen LogP contribution in [0.4, 0.5) is 5.69 Å². The van der Waals surface area contributed by atoms with Crippen LogP contribution in [0.15, 0.2) is 53.4 Å². The van der Waals surface area contributed by atoms with Crippen molar-refractivity contribution < 1.29 is 27.5 Å². The first-order valence-electron chi connectivity index (χ1n) is 8.35. The Bertz CT molecular complexity index is 889. The molecule has 0 heterocycles. The highest BCUT2D eigenvalue weighted by molar-refractivity contribution is 7.92. The molecule has 0 saturated carbocycles. The molecule has 0 bridgehead atoms. The van der Waals surface area contributed by atoms with E-state index in [0.717, 1.165) is 12.8 Å². The van der Waals surface area contributed by atoms with Crippen molar-refractivity contribution in [1.82, 2.24) is 0 Å². The molecule has 0 fully saturated rings. The zero-order chi connectivity index (χ0) is 19.9. The first-order valence-corrected chi connectivity index (χ1v) is 9.84. The topological polar surface area (TPSA) is 98.8 Å². The summed E-state index contributed by atoms with van der Waals surface area (Å²) in [4.78, 5) is 23.3. The third-order valence-electron chi connectivity index (χ3n) is 3.69. The molecule has 0 unspecified atom stereocenters. The minimum Gasteiger partial charge on any atom is -0.465 e. The van der Waals surface area contributed by atoms with Crippen LogP contribution in [0, 0.1) is 0 Å². The molecule has 0 amide bonds. The molecule has 27 heavy (non-hydrogen) atoms. The van der Waals surface area contributed by atoms with Gasteiger partial charge in [0, 0.05) is 5.69 Å². The van der Waals surface area contributed by atoms with E-state index in [4.69, 9.17) is 4.74 Å².